The molecule has 0 aliphatic rings. The van der Waals surface area contributed by atoms with E-state index in [1.165, 1.54) is 29.6 Å². The molecular formula is C16H15N7O3. The summed E-state index contributed by atoms with van der Waals surface area (Å²) in [5, 5.41) is 6.87. The van der Waals surface area contributed by atoms with Gasteiger partial charge in [-0.15, -0.1) is 0 Å². The van der Waals surface area contributed by atoms with E-state index in [1.54, 1.807) is 29.0 Å². The fourth-order valence-electron chi connectivity index (χ4n) is 2.87. The number of amides is 1. The van der Waals surface area contributed by atoms with Crippen LogP contribution < -0.4 is 16.6 Å². The van der Waals surface area contributed by atoms with Crippen LogP contribution in [0.5, 0.6) is 0 Å². The Bertz CT molecular complexity index is 1270. The Hall–Kier alpha value is -3.69. The monoisotopic (exact) mass is 353 g/mol. The molecule has 1 N–H and O–H groups in total. The fraction of sp³-hybridized carbons (Fsp3) is 0.188. The van der Waals surface area contributed by atoms with Gasteiger partial charge in [-0.3, -0.25) is 18.7 Å². The predicted molar refractivity (Wildman–Crippen MR) is 94.0 cm³/mol. The molecule has 26 heavy (non-hydrogen) atoms. The van der Waals surface area contributed by atoms with Crippen LogP contribution >= 0.6 is 0 Å². The Kier molecular flexibility index (Phi) is 3.46. The van der Waals surface area contributed by atoms with E-state index in [0.717, 1.165) is 10.1 Å². The van der Waals surface area contributed by atoms with E-state index in [-0.39, 0.29) is 23.6 Å². The van der Waals surface area contributed by atoms with Crippen LogP contribution in [0.2, 0.25) is 0 Å². The van der Waals surface area contributed by atoms with Crippen molar-refractivity contribution in [2.24, 2.45) is 14.1 Å². The number of imidazole rings is 1. The zero-order valence-corrected chi connectivity index (χ0v) is 14.1. The first-order chi connectivity index (χ1) is 12.5. The number of hydrogen-bond acceptors (Lipinski definition) is 5. The number of nitrogens with one attached hydrogen (secondary N) is 1. The standard InChI is InChI=1S/C16H15N7O3/c1-20-14-13(15(25)21(2)16(20)26)22(9-17-14)8-12(24)19-10-4-6-23-11(7-10)3-5-18-23/h3-7,9H,8H2,1-2H3,(H,19,24). The number of rotatable bonds is 3. The maximum atomic E-state index is 12.4. The summed E-state index contributed by atoms with van der Waals surface area (Å²) in [6, 6.07) is 5.34. The highest BCUT2D eigenvalue weighted by Crippen LogP contribution is 2.12. The number of carbonyl (C=O) groups is 1. The van der Waals surface area contributed by atoms with Crippen molar-refractivity contribution in [1.29, 1.82) is 0 Å². The van der Waals surface area contributed by atoms with Crippen molar-refractivity contribution >= 4 is 28.3 Å². The lowest BCUT2D eigenvalue weighted by atomic mass is 10.3. The van der Waals surface area contributed by atoms with Crippen molar-refractivity contribution in [2.45, 2.75) is 6.54 Å². The highest BCUT2D eigenvalue weighted by Gasteiger charge is 2.16. The predicted octanol–water partition coefficient (Wildman–Crippen LogP) is -0.280. The molecule has 10 heteroatoms. The molecule has 4 heterocycles. The molecule has 0 saturated heterocycles. The third kappa shape index (κ3) is 2.39. The Balaban J connectivity index is 1.65. The first kappa shape index (κ1) is 15.8. The van der Waals surface area contributed by atoms with E-state index in [9.17, 15) is 14.4 Å². The molecule has 0 aliphatic heterocycles. The van der Waals surface area contributed by atoms with Crippen LogP contribution in [-0.2, 0) is 25.4 Å². The van der Waals surface area contributed by atoms with E-state index in [0.29, 0.717) is 5.69 Å². The summed E-state index contributed by atoms with van der Waals surface area (Å²) in [6.45, 7) is -0.103. The van der Waals surface area contributed by atoms with Crippen LogP contribution in [0.1, 0.15) is 0 Å². The molecule has 0 fully saturated rings. The van der Waals surface area contributed by atoms with Gasteiger partial charge in [-0.2, -0.15) is 5.10 Å². The van der Waals surface area contributed by atoms with E-state index < -0.39 is 11.2 Å². The van der Waals surface area contributed by atoms with Crippen molar-refractivity contribution in [3.63, 3.8) is 0 Å². The molecule has 0 saturated carbocycles. The first-order valence-electron chi connectivity index (χ1n) is 7.80. The number of nitrogens with zero attached hydrogens (tertiary/aromatic N) is 6. The van der Waals surface area contributed by atoms with E-state index in [4.69, 9.17) is 0 Å². The van der Waals surface area contributed by atoms with Crippen LogP contribution in [-0.4, -0.2) is 34.2 Å². The van der Waals surface area contributed by atoms with Gasteiger partial charge in [0.2, 0.25) is 5.91 Å². The smallest absolute Gasteiger partial charge is 0.324 e. The van der Waals surface area contributed by atoms with Crippen molar-refractivity contribution < 1.29 is 4.79 Å². The van der Waals surface area contributed by atoms with Gasteiger partial charge in [-0.05, 0) is 18.2 Å². The zero-order chi connectivity index (χ0) is 18.4. The quantitative estimate of drug-likeness (QED) is 0.545. The van der Waals surface area contributed by atoms with Gasteiger partial charge >= 0.3 is 5.69 Å². The van der Waals surface area contributed by atoms with Gasteiger partial charge in [0, 0.05) is 32.2 Å². The van der Waals surface area contributed by atoms with Crippen LogP contribution in [0.4, 0.5) is 5.69 Å². The van der Waals surface area contributed by atoms with Crippen LogP contribution in [0, 0.1) is 0 Å². The maximum absolute atomic E-state index is 12.4. The molecular weight excluding hydrogens is 338 g/mol. The molecule has 0 spiro atoms. The zero-order valence-electron chi connectivity index (χ0n) is 14.1. The summed E-state index contributed by atoms with van der Waals surface area (Å²) < 4.78 is 5.39. The average Bonchev–Trinajstić information content (AvgIpc) is 3.24. The highest BCUT2D eigenvalue weighted by molar-refractivity contribution is 5.91. The number of anilines is 1. The Morgan fingerprint density at radius 1 is 1.19 bits per heavy atom. The number of aryl methyl sites for hydroxylation is 1. The van der Waals surface area contributed by atoms with E-state index in [2.05, 4.69) is 15.4 Å². The Labute approximate surface area is 145 Å². The summed E-state index contributed by atoms with van der Waals surface area (Å²) in [7, 11) is 2.92. The minimum absolute atomic E-state index is 0.103. The van der Waals surface area contributed by atoms with E-state index >= 15 is 0 Å². The third-order valence-electron chi connectivity index (χ3n) is 4.21. The normalized spacial score (nSPS) is 11.3. The molecule has 1 amide bonds. The maximum Gasteiger partial charge on any atom is 0.332 e. The minimum Gasteiger partial charge on any atom is -0.324 e. The molecule has 0 aliphatic carbocycles. The summed E-state index contributed by atoms with van der Waals surface area (Å²) >= 11 is 0. The molecule has 4 rings (SSSR count). The van der Waals surface area contributed by atoms with Gasteiger partial charge in [0.25, 0.3) is 5.56 Å². The van der Waals surface area contributed by atoms with Gasteiger partial charge in [-0.25, -0.2) is 14.3 Å². The number of hydrogen-bond donors (Lipinski definition) is 1. The second-order valence-electron chi connectivity index (χ2n) is 5.91. The molecule has 4 aromatic heterocycles. The largest absolute Gasteiger partial charge is 0.332 e. The number of pyridine rings is 1. The second kappa shape index (κ2) is 5.69. The van der Waals surface area contributed by atoms with Crippen molar-refractivity contribution in [3.8, 4) is 0 Å². The lowest BCUT2D eigenvalue weighted by Crippen LogP contribution is -2.37. The topological polar surface area (TPSA) is 108 Å². The number of carbonyl (C=O) groups excluding carboxylic acids is 1. The Morgan fingerprint density at radius 2 is 2.00 bits per heavy atom. The van der Waals surface area contributed by atoms with Crippen LogP contribution in [0.15, 0.2) is 46.5 Å². The van der Waals surface area contributed by atoms with E-state index in [1.807, 2.05) is 6.07 Å². The van der Waals surface area contributed by atoms with Gasteiger partial charge in [0.05, 0.1) is 11.8 Å². The van der Waals surface area contributed by atoms with Crippen LogP contribution in [0.3, 0.4) is 0 Å². The number of aromatic nitrogens is 6. The van der Waals surface area contributed by atoms with Gasteiger partial charge < -0.3 is 9.88 Å². The van der Waals surface area contributed by atoms with Gasteiger partial charge in [-0.1, -0.05) is 0 Å². The Morgan fingerprint density at radius 3 is 2.81 bits per heavy atom. The van der Waals surface area contributed by atoms with Gasteiger partial charge in [0.15, 0.2) is 11.2 Å². The summed E-state index contributed by atoms with van der Waals surface area (Å²) in [5.41, 5.74) is 0.954. The molecule has 0 radical (unpaired) electrons. The highest BCUT2D eigenvalue weighted by atomic mass is 16.2. The molecule has 0 bridgehead atoms. The summed E-state index contributed by atoms with van der Waals surface area (Å²) in [6.07, 6.45) is 4.78. The van der Waals surface area contributed by atoms with Crippen molar-refractivity contribution in [3.05, 3.63) is 57.8 Å². The van der Waals surface area contributed by atoms with Crippen molar-refractivity contribution in [2.75, 3.05) is 5.32 Å². The summed E-state index contributed by atoms with van der Waals surface area (Å²) in [4.78, 5) is 40.8. The molecule has 132 valence electrons. The van der Waals surface area contributed by atoms with Crippen molar-refractivity contribution in [1.82, 2.24) is 28.3 Å². The lowest BCUT2D eigenvalue weighted by molar-refractivity contribution is -0.116. The van der Waals surface area contributed by atoms with Crippen LogP contribution in [0.25, 0.3) is 16.7 Å². The fourth-order valence-corrected chi connectivity index (χ4v) is 2.87. The molecule has 0 unspecified atom stereocenters. The molecule has 0 atom stereocenters. The number of fused-ring (bicyclic) bond motifs is 2. The second-order valence-corrected chi connectivity index (χ2v) is 5.91. The third-order valence-corrected chi connectivity index (χ3v) is 4.21. The van der Waals surface area contributed by atoms with Gasteiger partial charge in [0.1, 0.15) is 6.54 Å². The SMILES string of the molecule is Cn1c(=O)c2c(ncn2CC(=O)Nc2ccn3nccc3c2)n(C)c1=O. The average molecular weight is 353 g/mol. The summed E-state index contributed by atoms with van der Waals surface area (Å²) in [5.74, 6) is -0.316. The molecule has 0 aromatic carbocycles. The molecule has 10 nitrogen and oxygen atoms in total. The molecule has 4 aromatic rings. The minimum atomic E-state index is -0.492. The lowest BCUT2D eigenvalue weighted by Gasteiger charge is -2.08. The first-order valence-corrected chi connectivity index (χ1v) is 7.80.